The number of carbonyl (C=O) groups is 2. The normalized spacial score (nSPS) is 24.2. The van der Waals surface area contributed by atoms with E-state index in [4.69, 9.17) is 0 Å². The minimum absolute atomic E-state index is 0.0648. The number of likely N-dealkylation sites (tertiary alicyclic amines) is 1. The van der Waals surface area contributed by atoms with Crippen molar-refractivity contribution in [2.45, 2.75) is 45.2 Å². The molecule has 5 heteroatoms. The van der Waals surface area contributed by atoms with E-state index < -0.39 is 0 Å². The highest BCUT2D eigenvalue weighted by atomic mass is 16.2. The second kappa shape index (κ2) is 6.73. The summed E-state index contributed by atoms with van der Waals surface area (Å²) in [5, 5.41) is 2.56. The summed E-state index contributed by atoms with van der Waals surface area (Å²) in [6, 6.07) is 0.629. The summed E-state index contributed by atoms with van der Waals surface area (Å²) in [7, 11) is 3.40. The molecule has 0 radical (unpaired) electrons. The standard InChI is InChI=1S/C13H25N3O2/c1-10-6-5-7-11(2)16(10)13(18)9-15(4)8-12(17)14-3/h10-11H,5-9H2,1-4H3,(H,14,17). The van der Waals surface area contributed by atoms with E-state index in [-0.39, 0.29) is 18.4 Å². The number of carbonyl (C=O) groups excluding carboxylic acids is 2. The molecule has 0 bridgehead atoms. The highest BCUT2D eigenvalue weighted by molar-refractivity contribution is 5.81. The van der Waals surface area contributed by atoms with E-state index in [2.05, 4.69) is 19.2 Å². The van der Waals surface area contributed by atoms with Crippen LogP contribution in [0.25, 0.3) is 0 Å². The fourth-order valence-electron chi connectivity index (χ4n) is 2.61. The van der Waals surface area contributed by atoms with Gasteiger partial charge < -0.3 is 10.2 Å². The average molecular weight is 255 g/mol. The van der Waals surface area contributed by atoms with Crippen LogP contribution in [0.3, 0.4) is 0 Å². The summed E-state index contributed by atoms with van der Waals surface area (Å²) in [5.74, 6) is 0.0612. The Balaban J connectivity index is 2.50. The highest BCUT2D eigenvalue weighted by Gasteiger charge is 2.29. The third-order valence-corrected chi connectivity index (χ3v) is 3.58. The summed E-state index contributed by atoms with van der Waals surface area (Å²) in [5.41, 5.74) is 0. The van der Waals surface area contributed by atoms with Gasteiger partial charge in [-0.05, 0) is 40.2 Å². The Morgan fingerprint density at radius 2 is 1.78 bits per heavy atom. The van der Waals surface area contributed by atoms with Gasteiger partial charge in [0.05, 0.1) is 13.1 Å². The van der Waals surface area contributed by atoms with Crippen LogP contribution in [-0.4, -0.2) is 60.9 Å². The summed E-state index contributed by atoms with van der Waals surface area (Å²) in [4.78, 5) is 27.2. The maximum absolute atomic E-state index is 12.3. The lowest BCUT2D eigenvalue weighted by molar-refractivity contribution is -0.138. The summed E-state index contributed by atoms with van der Waals surface area (Å²) in [6.45, 7) is 4.78. The predicted octanol–water partition coefficient (Wildman–Crippen LogP) is 0.454. The number of piperidine rings is 1. The van der Waals surface area contributed by atoms with Crippen molar-refractivity contribution in [3.8, 4) is 0 Å². The molecule has 0 saturated carbocycles. The smallest absolute Gasteiger partial charge is 0.237 e. The molecule has 1 fully saturated rings. The third kappa shape index (κ3) is 3.98. The maximum atomic E-state index is 12.3. The Bertz CT molecular complexity index is 297. The lowest BCUT2D eigenvalue weighted by Crippen LogP contribution is -2.51. The molecule has 0 aromatic heterocycles. The lowest BCUT2D eigenvalue weighted by Gasteiger charge is -2.39. The fraction of sp³-hybridized carbons (Fsp3) is 0.846. The molecule has 18 heavy (non-hydrogen) atoms. The van der Waals surface area contributed by atoms with Gasteiger partial charge in [-0.15, -0.1) is 0 Å². The summed E-state index contributed by atoms with van der Waals surface area (Å²) >= 11 is 0. The Kier molecular flexibility index (Phi) is 5.59. The fourth-order valence-corrected chi connectivity index (χ4v) is 2.61. The monoisotopic (exact) mass is 255 g/mol. The number of amides is 2. The van der Waals surface area contributed by atoms with E-state index in [1.807, 2.05) is 4.90 Å². The van der Waals surface area contributed by atoms with Gasteiger partial charge in [-0.2, -0.15) is 0 Å². The Labute approximate surface area is 110 Å². The molecule has 1 heterocycles. The van der Waals surface area contributed by atoms with Crippen molar-refractivity contribution in [3.05, 3.63) is 0 Å². The minimum Gasteiger partial charge on any atom is -0.358 e. The molecule has 0 aromatic carbocycles. The van der Waals surface area contributed by atoms with Gasteiger partial charge in [-0.25, -0.2) is 0 Å². The Morgan fingerprint density at radius 1 is 1.22 bits per heavy atom. The average Bonchev–Trinajstić information content (AvgIpc) is 2.28. The molecule has 1 rings (SSSR count). The van der Waals surface area contributed by atoms with E-state index in [0.29, 0.717) is 18.6 Å². The van der Waals surface area contributed by atoms with Gasteiger partial charge in [0.1, 0.15) is 0 Å². The zero-order valence-corrected chi connectivity index (χ0v) is 11.9. The van der Waals surface area contributed by atoms with Crippen molar-refractivity contribution < 1.29 is 9.59 Å². The Morgan fingerprint density at radius 3 is 2.28 bits per heavy atom. The van der Waals surface area contributed by atoms with Gasteiger partial charge >= 0.3 is 0 Å². The largest absolute Gasteiger partial charge is 0.358 e. The van der Waals surface area contributed by atoms with Crippen LogP contribution in [0.2, 0.25) is 0 Å². The van der Waals surface area contributed by atoms with Crippen molar-refractivity contribution in [3.63, 3.8) is 0 Å². The quantitative estimate of drug-likeness (QED) is 0.794. The first-order valence-corrected chi connectivity index (χ1v) is 6.66. The van der Waals surface area contributed by atoms with Gasteiger partial charge in [-0.1, -0.05) is 0 Å². The number of nitrogens with zero attached hydrogens (tertiary/aromatic N) is 2. The van der Waals surface area contributed by atoms with Gasteiger partial charge in [0, 0.05) is 19.1 Å². The van der Waals surface area contributed by atoms with Crippen molar-refractivity contribution >= 4 is 11.8 Å². The molecule has 2 amide bonds. The van der Waals surface area contributed by atoms with Crippen LogP contribution < -0.4 is 5.32 Å². The van der Waals surface area contributed by atoms with E-state index in [0.717, 1.165) is 12.8 Å². The second-order valence-corrected chi connectivity index (χ2v) is 5.28. The van der Waals surface area contributed by atoms with Crippen molar-refractivity contribution in [1.82, 2.24) is 15.1 Å². The molecule has 5 nitrogen and oxygen atoms in total. The van der Waals surface area contributed by atoms with Crippen LogP contribution in [0.4, 0.5) is 0 Å². The third-order valence-electron chi connectivity index (χ3n) is 3.58. The molecule has 1 N–H and O–H groups in total. The second-order valence-electron chi connectivity index (χ2n) is 5.28. The maximum Gasteiger partial charge on any atom is 0.237 e. The topological polar surface area (TPSA) is 52.7 Å². The minimum atomic E-state index is -0.0648. The lowest BCUT2D eigenvalue weighted by atomic mass is 9.97. The zero-order chi connectivity index (χ0) is 13.7. The van der Waals surface area contributed by atoms with Gasteiger partial charge in [0.15, 0.2) is 0 Å². The van der Waals surface area contributed by atoms with Gasteiger partial charge in [-0.3, -0.25) is 14.5 Å². The van der Waals surface area contributed by atoms with Crippen LogP contribution in [0.15, 0.2) is 0 Å². The number of hydrogen-bond acceptors (Lipinski definition) is 3. The van der Waals surface area contributed by atoms with Crippen LogP contribution in [-0.2, 0) is 9.59 Å². The molecule has 2 unspecified atom stereocenters. The van der Waals surface area contributed by atoms with Gasteiger partial charge in [0.2, 0.25) is 11.8 Å². The molecular formula is C13H25N3O2. The van der Waals surface area contributed by atoms with Crippen LogP contribution in [0, 0.1) is 0 Å². The van der Waals surface area contributed by atoms with E-state index in [1.54, 1.807) is 19.0 Å². The van der Waals surface area contributed by atoms with E-state index in [9.17, 15) is 9.59 Å². The first-order chi connectivity index (χ1) is 8.45. The zero-order valence-electron chi connectivity index (χ0n) is 11.9. The molecule has 104 valence electrons. The first-order valence-electron chi connectivity index (χ1n) is 6.66. The Hall–Kier alpha value is -1.10. The number of hydrogen-bond donors (Lipinski definition) is 1. The first kappa shape index (κ1) is 15.0. The van der Waals surface area contributed by atoms with Crippen LogP contribution in [0.1, 0.15) is 33.1 Å². The van der Waals surface area contributed by atoms with Gasteiger partial charge in [0.25, 0.3) is 0 Å². The van der Waals surface area contributed by atoms with Crippen molar-refractivity contribution in [1.29, 1.82) is 0 Å². The van der Waals surface area contributed by atoms with Crippen molar-refractivity contribution in [2.24, 2.45) is 0 Å². The van der Waals surface area contributed by atoms with Crippen molar-refractivity contribution in [2.75, 3.05) is 27.2 Å². The van der Waals surface area contributed by atoms with Crippen LogP contribution in [0.5, 0.6) is 0 Å². The molecule has 0 spiro atoms. The van der Waals surface area contributed by atoms with E-state index >= 15 is 0 Å². The van der Waals surface area contributed by atoms with E-state index in [1.165, 1.54) is 6.42 Å². The number of nitrogens with one attached hydrogen (secondary N) is 1. The molecular weight excluding hydrogens is 230 g/mol. The number of rotatable bonds is 4. The summed E-state index contributed by atoms with van der Waals surface area (Å²) < 4.78 is 0. The number of likely N-dealkylation sites (N-methyl/N-ethyl adjacent to an activating group) is 2. The molecule has 0 aromatic rings. The molecule has 1 aliphatic heterocycles. The SMILES string of the molecule is CNC(=O)CN(C)CC(=O)N1C(C)CCCC1C. The highest BCUT2D eigenvalue weighted by Crippen LogP contribution is 2.22. The van der Waals surface area contributed by atoms with Crippen LogP contribution >= 0.6 is 0 Å². The molecule has 0 aliphatic carbocycles. The molecule has 1 aliphatic rings. The summed E-state index contributed by atoms with van der Waals surface area (Å²) in [6.07, 6.45) is 3.35. The predicted molar refractivity (Wildman–Crippen MR) is 71.2 cm³/mol. The molecule has 1 saturated heterocycles. The molecule has 2 atom stereocenters.